The van der Waals surface area contributed by atoms with Gasteiger partial charge in [-0.2, -0.15) is 0 Å². The standard InChI is InChI=1S/C6H17NO3Si.C5H11NO2/c1-8-11(9-2,10-3)6-4-5-7;1-3-4(2)6-5(7)8/h4-7H2,1-3H3;4,6H,3H2,1-2H3,(H,7,8). The predicted molar refractivity (Wildman–Crippen MR) is 76.2 cm³/mol. The summed E-state index contributed by atoms with van der Waals surface area (Å²) in [5.41, 5.74) is 5.36. The summed E-state index contributed by atoms with van der Waals surface area (Å²) in [7, 11) is 2.50. The van der Waals surface area contributed by atoms with Gasteiger partial charge in [0.25, 0.3) is 0 Å². The van der Waals surface area contributed by atoms with E-state index >= 15 is 0 Å². The average molecular weight is 296 g/mol. The number of hydrogen-bond donors (Lipinski definition) is 3. The minimum absolute atomic E-state index is 0.0764. The molecule has 19 heavy (non-hydrogen) atoms. The number of carbonyl (C=O) groups is 1. The first-order valence-corrected chi connectivity index (χ1v) is 8.19. The summed E-state index contributed by atoms with van der Waals surface area (Å²) in [6, 6.07) is 0.861. The van der Waals surface area contributed by atoms with Gasteiger partial charge in [-0.25, -0.2) is 4.79 Å². The van der Waals surface area contributed by atoms with Crippen LogP contribution in [-0.4, -0.2) is 53.9 Å². The van der Waals surface area contributed by atoms with Crippen LogP contribution >= 0.6 is 0 Å². The Labute approximate surface area is 116 Å². The molecule has 0 heterocycles. The van der Waals surface area contributed by atoms with Gasteiger partial charge in [-0.05, 0) is 26.3 Å². The summed E-state index contributed by atoms with van der Waals surface area (Å²) >= 11 is 0. The first-order chi connectivity index (χ1) is 8.91. The smallest absolute Gasteiger partial charge is 0.465 e. The number of carboxylic acid groups (broad SMARTS) is 1. The third kappa shape index (κ3) is 10.9. The lowest BCUT2D eigenvalue weighted by Crippen LogP contribution is -2.42. The quantitative estimate of drug-likeness (QED) is 0.583. The molecule has 0 saturated heterocycles. The highest BCUT2D eigenvalue weighted by Gasteiger charge is 2.36. The fraction of sp³-hybridized carbons (Fsp3) is 0.909. The number of rotatable bonds is 8. The normalized spacial score (nSPS) is 12.3. The fourth-order valence-corrected chi connectivity index (χ4v) is 2.94. The van der Waals surface area contributed by atoms with Crippen molar-refractivity contribution in [2.45, 2.75) is 38.8 Å². The summed E-state index contributed by atoms with van der Waals surface area (Å²) in [4.78, 5) is 9.86. The van der Waals surface area contributed by atoms with Crippen molar-refractivity contribution in [3.63, 3.8) is 0 Å². The molecule has 0 aromatic carbocycles. The SMILES string of the molecule is CCC(C)NC(=O)O.CO[Si](CCCN)(OC)OC. The maximum Gasteiger partial charge on any atom is 0.500 e. The molecule has 0 spiro atoms. The van der Waals surface area contributed by atoms with E-state index in [2.05, 4.69) is 5.32 Å². The summed E-state index contributed by atoms with van der Waals surface area (Å²) in [5, 5.41) is 10.4. The Bertz CT molecular complexity index is 219. The van der Waals surface area contributed by atoms with Gasteiger partial charge in [0, 0.05) is 33.4 Å². The first kappa shape index (κ1) is 20.6. The number of nitrogens with two attached hydrogens (primary N) is 1. The van der Waals surface area contributed by atoms with Crippen LogP contribution in [0.1, 0.15) is 26.7 Å². The van der Waals surface area contributed by atoms with E-state index in [1.807, 2.05) is 13.8 Å². The molecule has 8 heteroatoms. The van der Waals surface area contributed by atoms with E-state index in [1.165, 1.54) is 0 Å². The number of nitrogens with one attached hydrogen (secondary N) is 1. The first-order valence-electron chi connectivity index (χ1n) is 6.26. The lowest BCUT2D eigenvalue weighted by atomic mass is 10.3. The van der Waals surface area contributed by atoms with Crippen molar-refractivity contribution in [3.8, 4) is 0 Å². The molecule has 0 aliphatic rings. The van der Waals surface area contributed by atoms with E-state index < -0.39 is 14.9 Å². The van der Waals surface area contributed by atoms with Crippen LogP contribution in [0.2, 0.25) is 6.04 Å². The molecule has 0 bridgehead atoms. The van der Waals surface area contributed by atoms with E-state index in [0.717, 1.165) is 18.9 Å². The Morgan fingerprint density at radius 1 is 1.32 bits per heavy atom. The van der Waals surface area contributed by atoms with Crippen LogP contribution in [0.4, 0.5) is 4.79 Å². The van der Waals surface area contributed by atoms with E-state index in [0.29, 0.717) is 6.54 Å². The lowest BCUT2D eigenvalue weighted by Gasteiger charge is -2.23. The zero-order valence-electron chi connectivity index (χ0n) is 12.6. The monoisotopic (exact) mass is 296 g/mol. The van der Waals surface area contributed by atoms with Gasteiger partial charge < -0.3 is 29.4 Å². The highest BCUT2D eigenvalue weighted by Crippen LogP contribution is 2.13. The van der Waals surface area contributed by atoms with E-state index in [9.17, 15) is 4.79 Å². The second-order valence-electron chi connectivity index (χ2n) is 3.95. The molecule has 0 saturated carbocycles. The molecule has 0 radical (unpaired) electrons. The molecule has 4 N–H and O–H groups in total. The van der Waals surface area contributed by atoms with Crippen molar-refractivity contribution in [2.75, 3.05) is 27.9 Å². The molecule has 0 aliphatic carbocycles. The molecule has 0 aromatic rings. The lowest BCUT2D eigenvalue weighted by molar-refractivity contribution is 0.123. The third-order valence-corrected chi connectivity index (χ3v) is 5.43. The Morgan fingerprint density at radius 2 is 1.79 bits per heavy atom. The van der Waals surface area contributed by atoms with Crippen molar-refractivity contribution in [2.24, 2.45) is 5.73 Å². The van der Waals surface area contributed by atoms with Crippen LogP contribution in [0.15, 0.2) is 0 Å². The van der Waals surface area contributed by atoms with Gasteiger partial charge in [0.15, 0.2) is 0 Å². The minimum atomic E-state index is -2.32. The van der Waals surface area contributed by atoms with Crippen molar-refractivity contribution in [3.05, 3.63) is 0 Å². The maximum absolute atomic E-state index is 9.86. The summed E-state index contributed by atoms with van der Waals surface area (Å²) in [5.74, 6) is 0. The molecule has 1 unspecified atom stereocenters. The summed E-state index contributed by atoms with van der Waals surface area (Å²) in [6.07, 6.45) is 0.771. The van der Waals surface area contributed by atoms with Gasteiger partial charge in [0.1, 0.15) is 0 Å². The molecule has 0 rings (SSSR count). The van der Waals surface area contributed by atoms with E-state index in [1.54, 1.807) is 21.3 Å². The molecule has 1 amide bonds. The van der Waals surface area contributed by atoms with Crippen molar-refractivity contribution < 1.29 is 23.2 Å². The summed E-state index contributed by atoms with van der Waals surface area (Å²) < 4.78 is 15.5. The van der Waals surface area contributed by atoms with Crippen molar-refractivity contribution in [1.82, 2.24) is 5.32 Å². The molecule has 7 nitrogen and oxygen atoms in total. The molecule has 1 atom stereocenters. The second-order valence-corrected chi connectivity index (χ2v) is 7.04. The molecule has 0 aliphatic heterocycles. The van der Waals surface area contributed by atoms with Gasteiger partial charge in [-0.1, -0.05) is 6.92 Å². The van der Waals surface area contributed by atoms with Crippen LogP contribution in [0.25, 0.3) is 0 Å². The van der Waals surface area contributed by atoms with Crippen molar-refractivity contribution in [1.29, 1.82) is 0 Å². The predicted octanol–water partition coefficient (Wildman–Crippen LogP) is 1.27. The maximum atomic E-state index is 9.86. The van der Waals surface area contributed by atoms with Crippen LogP contribution in [-0.2, 0) is 13.3 Å². The van der Waals surface area contributed by atoms with Crippen LogP contribution in [0.5, 0.6) is 0 Å². The Morgan fingerprint density at radius 3 is 2.00 bits per heavy atom. The third-order valence-electron chi connectivity index (χ3n) is 2.60. The van der Waals surface area contributed by atoms with Gasteiger partial charge in [0.2, 0.25) is 0 Å². The van der Waals surface area contributed by atoms with Crippen molar-refractivity contribution >= 4 is 14.9 Å². The van der Waals surface area contributed by atoms with Crippen LogP contribution in [0.3, 0.4) is 0 Å². The highest BCUT2D eigenvalue weighted by molar-refractivity contribution is 6.60. The van der Waals surface area contributed by atoms with Gasteiger partial charge >= 0.3 is 14.9 Å². The Balaban J connectivity index is 0. The molecule has 116 valence electrons. The van der Waals surface area contributed by atoms with E-state index in [-0.39, 0.29) is 6.04 Å². The molecule has 0 fully saturated rings. The zero-order chi connectivity index (χ0) is 15.3. The number of amides is 1. The minimum Gasteiger partial charge on any atom is -0.465 e. The molecular weight excluding hydrogens is 268 g/mol. The topological polar surface area (TPSA) is 103 Å². The molecule has 0 aromatic heterocycles. The Kier molecular flexibility index (Phi) is 13.4. The van der Waals surface area contributed by atoms with E-state index in [4.69, 9.17) is 24.1 Å². The van der Waals surface area contributed by atoms with Crippen LogP contribution < -0.4 is 11.1 Å². The second kappa shape index (κ2) is 12.4. The zero-order valence-corrected chi connectivity index (χ0v) is 13.6. The van der Waals surface area contributed by atoms with Gasteiger partial charge in [0.05, 0.1) is 0 Å². The Hall–Kier alpha value is -0.673. The summed E-state index contributed by atoms with van der Waals surface area (Å²) in [6.45, 7) is 4.40. The largest absolute Gasteiger partial charge is 0.500 e. The average Bonchev–Trinajstić information content (AvgIpc) is 2.41. The fourth-order valence-electron chi connectivity index (χ4n) is 1.19. The molecular formula is C11H28N2O5Si. The van der Waals surface area contributed by atoms with Gasteiger partial charge in [-0.15, -0.1) is 0 Å². The van der Waals surface area contributed by atoms with Gasteiger partial charge in [-0.3, -0.25) is 0 Å². The number of hydrogen-bond acceptors (Lipinski definition) is 5. The van der Waals surface area contributed by atoms with Crippen LogP contribution in [0, 0.1) is 0 Å². The highest BCUT2D eigenvalue weighted by atomic mass is 28.4.